The van der Waals surface area contributed by atoms with Crippen molar-refractivity contribution in [1.82, 2.24) is 14.3 Å². The Morgan fingerprint density at radius 1 is 1.31 bits per heavy atom. The average molecular weight is 473 g/mol. The molecule has 0 saturated carbocycles. The number of nitrogens with zero attached hydrogens (tertiary/aromatic N) is 4. The molecule has 1 N–H and O–H groups in total. The molecular weight excluding hydrogens is 448 g/mol. The van der Waals surface area contributed by atoms with Crippen LogP contribution in [0.4, 0.5) is 5.82 Å². The molecule has 8 nitrogen and oxygen atoms in total. The quantitative estimate of drug-likeness (QED) is 0.536. The molecule has 2 saturated heterocycles. The van der Waals surface area contributed by atoms with Crippen LogP contribution in [0, 0.1) is 18.8 Å². The number of hydrogen-bond acceptors (Lipinski definition) is 7. The van der Waals surface area contributed by atoms with E-state index in [4.69, 9.17) is 22.3 Å². The first kappa shape index (κ1) is 22.5. The van der Waals surface area contributed by atoms with Crippen molar-refractivity contribution in [2.24, 2.45) is 11.8 Å². The molecule has 0 aliphatic carbocycles. The maximum Gasteiger partial charge on any atom is 0.323 e. The van der Waals surface area contributed by atoms with E-state index in [0.29, 0.717) is 28.9 Å². The minimum absolute atomic E-state index is 0.162. The Morgan fingerprint density at radius 2 is 2.00 bits per heavy atom. The number of amides is 1. The molecule has 32 heavy (non-hydrogen) atoms. The predicted molar refractivity (Wildman–Crippen MR) is 129 cm³/mol. The number of carboxylic acid groups (broad SMARTS) is 1. The lowest BCUT2D eigenvalue weighted by Crippen LogP contribution is -2.40. The first-order chi connectivity index (χ1) is 15.2. The summed E-state index contributed by atoms with van der Waals surface area (Å²) in [5, 5.41) is 9.09. The molecule has 168 valence electrons. The van der Waals surface area contributed by atoms with Gasteiger partial charge in [0.1, 0.15) is 22.3 Å². The smallest absolute Gasteiger partial charge is 0.323 e. The van der Waals surface area contributed by atoms with Crippen LogP contribution in [0.15, 0.2) is 28.0 Å². The van der Waals surface area contributed by atoms with Crippen LogP contribution in [0.1, 0.15) is 31.4 Å². The van der Waals surface area contributed by atoms with Crippen LogP contribution in [0.2, 0.25) is 0 Å². The van der Waals surface area contributed by atoms with E-state index in [9.17, 15) is 14.4 Å². The van der Waals surface area contributed by atoms with Crippen molar-refractivity contribution in [2.75, 3.05) is 24.5 Å². The van der Waals surface area contributed by atoms with Gasteiger partial charge in [0.25, 0.3) is 11.5 Å². The Balaban J connectivity index is 1.88. The Labute approximate surface area is 194 Å². The van der Waals surface area contributed by atoms with Crippen molar-refractivity contribution < 1.29 is 14.7 Å². The van der Waals surface area contributed by atoms with Gasteiger partial charge >= 0.3 is 5.97 Å². The van der Waals surface area contributed by atoms with Crippen LogP contribution in [0.3, 0.4) is 0 Å². The summed E-state index contributed by atoms with van der Waals surface area (Å²) in [7, 11) is 0. The third kappa shape index (κ3) is 4.16. The number of pyridine rings is 1. The topological polar surface area (TPSA) is 95.2 Å². The number of carbonyl (C=O) groups excluding carboxylic acids is 1. The number of thioether (sulfide) groups is 1. The monoisotopic (exact) mass is 472 g/mol. The van der Waals surface area contributed by atoms with Crippen molar-refractivity contribution in [2.45, 2.75) is 27.2 Å². The molecule has 4 rings (SSSR count). The largest absolute Gasteiger partial charge is 0.480 e. The van der Waals surface area contributed by atoms with E-state index in [-0.39, 0.29) is 14.8 Å². The highest BCUT2D eigenvalue weighted by atomic mass is 32.2. The SMILES string of the molecule is Cc1cccn2c(=O)c(/C=C3\SC(=S)N(CC(=O)O)C3=O)c(N3C[C@H](C)C[C@H](C)C3)nc12. The molecule has 2 aromatic heterocycles. The molecule has 0 radical (unpaired) electrons. The first-order valence-corrected chi connectivity index (χ1v) is 11.6. The lowest BCUT2D eigenvalue weighted by molar-refractivity contribution is -0.140. The van der Waals surface area contributed by atoms with E-state index in [2.05, 4.69) is 18.7 Å². The molecule has 2 aliphatic rings. The lowest BCUT2D eigenvalue weighted by atomic mass is 9.91. The fourth-order valence-electron chi connectivity index (χ4n) is 4.41. The summed E-state index contributed by atoms with van der Waals surface area (Å²) < 4.78 is 1.65. The van der Waals surface area contributed by atoms with Crippen LogP contribution in [0.5, 0.6) is 0 Å². The van der Waals surface area contributed by atoms with Crippen LogP contribution < -0.4 is 10.5 Å². The van der Waals surface area contributed by atoms with Gasteiger partial charge in [0.2, 0.25) is 0 Å². The zero-order valence-electron chi connectivity index (χ0n) is 18.1. The Bertz CT molecular complexity index is 1210. The fraction of sp³-hybridized carbons (Fsp3) is 0.409. The minimum atomic E-state index is -1.15. The van der Waals surface area contributed by atoms with Crippen molar-refractivity contribution in [1.29, 1.82) is 0 Å². The van der Waals surface area contributed by atoms with Gasteiger partial charge in [-0.05, 0) is 42.9 Å². The molecule has 2 fully saturated rings. The Hall–Kier alpha value is -2.72. The molecule has 0 aromatic carbocycles. The maximum absolute atomic E-state index is 13.5. The van der Waals surface area contributed by atoms with E-state index in [1.807, 2.05) is 13.0 Å². The highest BCUT2D eigenvalue weighted by Gasteiger charge is 2.34. The maximum atomic E-state index is 13.5. The number of aryl methyl sites for hydroxylation is 1. The predicted octanol–water partition coefficient (Wildman–Crippen LogP) is 2.77. The van der Waals surface area contributed by atoms with E-state index in [1.165, 1.54) is 10.5 Å². The van der Waals surface area contributed by atoms with Crippen molar-refractivity contribution in [3.05, 3.63) is 44.7 Å². The van der Waals surface area contributed by atoms with Crippen molar-refractivity contribution >= 4 is 57.7 Å². The van der Waals surface area contributed by atoms with E-state index in [1.54, 1.807) is 12.3 Å². The van der Waals surface area contributed by atoms with Crippen LogP contribution in [-0.4, -0.2) is 55.2 Å². The van der Waals surface area contributed by atoms with E-state index in [0.717, 1.165) is 41.7 Å². The number of piperidine rings is 1. The Kier molecular flexibility index (Phi) is 6.09. The summed E-state index contributed by atoms with van der Waals surface area (Å²) in [4.78, 5) is 45.7. The summed E-state index contributed by atoms with van der Waals surface area (Å²) in [5.41, 5.74) is 1.49. The highest BCUT2D eigenvalue weighted by molar-refractivity contribution is 8.26. The van der Waals surface area contributed by atoms with E-state index >= 15 is 0 Å². The normalized spacial score (nSPS) is 22.9. The van der Waals surface area contributed by atoms with Crippen LogP contribution in [0.25, 0.3) is 11.7 Å². The molecular formula is C22H24N4O4S2. The minimum Gasteiger partial charge on any atom is -0.480 e. The van der Waals surface area contributed by atoms with Crippen LogP contribution >= 0.6 is 24.0 Å². The second-order valence-corrected chi connectivity index (χ2v) is 10.2. The van der Waals surface area contributed by atoms with Crippen LogP contribution in [-0.2, 0) is 9.59 Å². The second kappa shape index (κ2) is 8.67. The van der Waals surface area contributed by atoms with Gasteiger partial charge in [-0.2, -0.15) is 0 Å². The molecule has 0 bridgehead atoms. The van der Waals surface area contributed by atoms with Gasteiger partial charge in [-0.15, -0.1) is 0 Å². The number of thiocarbonyl (C=S) groups is 1. The van der Waals surface area contributed by atoms with Gasteiger partial charge in [-0.3, -0.25) is 23.7 Å². The summed E-state index contributed by atoms with van der Waals surface area (Å²) in [6, 6.07) is 3.69. The number of carbonyl (C=O) groups is 2. The van der Waals surface area contributed by atoms with Gasteiger partial charge in [-0.25, -0.2) is 4.98 Å². The van der Waals surface area contributed by atoms with Gasteiger partial charge in [-0.1, -0.05) is 43.9 Å². The van der Waals surface area contributed by atoms with Gasteiger partial charge in [0.15, 0.2) is 0 Å². The zero-order valence-corrected chi connectivity index (χ0v) is 19.7. The number of rotatable bonds is 4. The third-order valence-corrected chi connectivity index (χ3v) is 7.05. The zero-order chi connectivity index (χ0) is 23.2. The highest BCUT2D eigenvalue weighted by Crippen LogP contribution is 2.34. The number of aromatic nitrogens is 2. The number of anilines is 1. The fourth-order valence-corrected chi connectivity index (χ4v) is 5.64. The lowest BCUT2D eigenvalue weighted by Gasteiger charge is -2.36. The number of aliphatic carboxylic acids is 1. The molecule has 4 heterocycles. The van der Waals surface area contributed by atoms with Crippen molar-refractivity contribution in [3.8, 4) is 0 Å². The number of hydrogen-bond donors (Lipinski definition) is 1. The summed E-state index contributed by atoms with van der Waals surface area (Å²) in [6.07, 6.45) is 4.28. The van der Waals surface area contributed by atoms with Crippen molar-refractivity contribution in [3.63, 3.8) is 0 Å². The standard InChI is InChI=1S/C22H24N4O4S2/c1-12-7-13(2)10-24(9-12)19-15(20(29)25-6-4-5-14(3)18(25)23-19)8-16-21(30)26(11-17(27)28)22(31)32-16/h4-6,8,12-13H,7,9-11H2,1-3H3,(H,27,28)/b16-8-/t12-,13+. The summed E-state index contributed by atoms with van der Waals surface area (Å²) >= 11 is 6.20. The molecule has 2 atom stereocenters. The third-order valence-electron chi connectivity index (χ3n) is 5.67. The molecule has 10 heteroatoms. The van der Waals surface area contributed by atoms with E-state index < -0.39 is 18.4 Å². The summed E-state index contributed by atoms with van der Waals surface area (Å²) in [6.45, 7) is 7.28. The van der Waals surface area contributed by atoms with Gasteiger partial charge in [0, 0.05) is 19.3 Å². The summed E-state index contributed by atoms with van der Waals surface area (Å²) in [5.74, 6) is -0.230. The molecule has 0 spiro atoms. The van der Waals surface area contributed by atoms with Gasteiger partial charge in [0.05, 0.1) is 10.5 Å². The molecule has 0 unspecified atom stereocenters. The molecule has 1 amide bonds. The average Bonchev–Trinajstić information content (AvgIpc) is 2.96. The number of carboxylic acids is 1. The van der Waals surface area contributed by atoms with Gasteiger partial charge < -0.3 is 10.0 Å². The molecule has 2 aromatic rings. The Morgan fingerprint density at radius 3 is 2.66 bits per heavy atom. The number of fused-ring (bicyclic) bond motifs is 1. The first-order valence-electron chi connectivity index (χ1n) is 10.4. The second-order valence-electron chi connectivity index (χ2n) is 8.55. The molecule has 2 aliphatic heterocycles.